The second-order valence-electron chi connectivity index (χ2n) is 9.23. The number of benzene rings is 3. The molecule has 0 amide bonds. The lowest BCUT2D eigenvalue weighted by molar-refractivity contribution is -0.137. The lowest BCUT2D eigenvalue weighted by atomic mass is 10.0. The van der Waals surface area contributed by atoms with Gasteiger partial charge in [-0.15, -0.1) is 0 Å². The van der Waals surface area contributed by atoms with Crippen molar-refractivity contribution in [2.24, 2.45) is 4.99 Å². The van der Waals surface area contributed by atoms with Gasteiger partial charge in [0.15, 0.2) is 0 Å². The van der Waals surface area contributed by atoms with Crippen LogP contribution in [0.2, 0.25) is 0 Å². The molecule has 0 saturated carbocycles. The third-order valence-electron chi connectivity index (χ3n) is 6.80. The van der Waals surface area contributed by atoms with Crippen LogP contribution in [0.5, 0.6) is 0 Å². The molecule has 4 nitrogen and oxygen atoms in total. The van der Waals surface area contributed by atoms with Crippen molar-refractivity contribution in [1.29, 1.82) is 0 Å². The van der Waals surface area contributed by atoms with E-state index < -0.39 is 17.6 Å². The summed E-state index contributed by atoms with van der Waals surface area (Å²) in [5.41, 5.74) is 1.90. The number of hydrogen-bond acceptors (Lipinski definition) is 4. The van der Waals surface area contributed by atoms with Crippen molar-refractivity contribution >= 4 is 22.9 Å². The molecule has 3 aromatic carbocycles. The summed E-state index contributed by atoms with van der Waals surface area (Å²) in [5, 5.41) is 3.13. The smallest absolute Gasteiger partial charge is 0.353 e. The number of nitrogens with zero attached hydrogens (tertiary/aromatic N) is 3. The normalized spacial score (nSPS) is 18.1. The summed E-state index contributed by atoms with van der Waals surface area (Å²) >= 11 is 0. The Kier molecular flexibility index (Phi) is 6.42. The van der Waals surface area contributed by atoms with E-state index in [0.717, 1.165) is 30.5 Å². The fraction of sp³-hybridized carbons (Fsp3) is 0.296. The van der Waals surface area contributed by atoms with E-state index in [1.165, 1.54) is 36.4 Å². The molecule has 1 atom stereocenters. The molecular formula is C27H25F5N4. The molecule has 188 valence electrons. The predicted molar refractivity (Wildman–Crippen MR) is 130 cm³/mol. The number of fused-ring (bicyclic) bond motifs is 2. The van der Waals surface area contributed by atoms with Crippen LogP contribution in [-0.4, -0.2) is 48.4 Å². The Morgan fingerprint density at radius 2 is 1.64 bits per heavy atom. The molecule has 1 fully saturated rings. The summed E-state index contributed by atoms with van der Waals surface area (Å²) < 4.78 is 68.1. The predicted octanol–water partition coefficient (Wildman–Crippen LogP) is 6.37. The molecular weight excluding hydrogens is 475 g/mol. The number of alkyl halides is 3. The van der Waals surface area contributed by atoms with Gasteiger partial charge in [0.2, 0.25) is 0 Å². The third kappa shape index (κ3) is 5.06. The van der Waals surface area contributed by atoms with Crippen LogP contribution in [-0.2, 0) is 12.6 Å². The van der Waals surface area contributed by atoms with Crippen LogP contribution in [0.1, 0.15) is 23.1 Å². The highest BCUT2D eigenvalue weighted by Gasteiger charge is 2.34. The lowest BCUT2D eigenvalue weighted by Gasteiger charge is -2.41. The third-order valence-corrected chi connectivity index (χ3v) is 6.80. The maximum atomic E-state index is 14.1. The summed E-state index contributed by atoms with van der Waals surface area (Å²) in [4.78, 5) is 8.89. The zero-order chi connectivity index (χ0) is 25.4. The Bertz CT molecular complexity index is 1290. The molecule has 1 N–H and O–H groups in total. The number of rotatable bonds is 3. The van der Waals surface area contributed by atoms with Gasteiger partial charge in [-0.1, -0.05) is 12.1 Å². The van der Waals surface area contributed by atoms with Gasteiger partial charge < -0.3 is 10.2 Å². The van der Waals surface area contributed by atoms with Gasteiger partial charge in [0, 0.05) is 43.0 Å². The van der Waals surface area contributed by atoms with Crippen LogP contribution in [0.15, 0.2) is 65.7 Å². The Morgan fingerprint density at radius 1 is 0.917 bits per heavy atom. The number of aliphatic imine (C=N–C) groups is 1. The minimum absolute atomic E-state index is 0.101. The molecule has 2 aliphatic heterocycles. The first-order chi connectivity index (χ1) is 17.2. The number of nitrogens with one attached hydrogen (secondary N) is 1. The Hall–Kier alpha value is -3.46. The van der Waals surface area contributed by atoms with E-state index in [4.69, 9.17) is 0 Å². The molecule has 9 heteroatoms. The largest absolute Gasteiger partial charge is 0.416 e. The van der Waals surface area contributed by atoms with Gasteiger partial charge in [-0.25, -0.2) is 13.8 Å². The summed E-state index contributed by atoms with van der Waals surface area (Å²) in [5.74, 6) is -0.378. The maximum absolute atomic E-state index is 14.1. The van der Waals surface area contributed by atoms with Gasteiger partial charge in [0.25, 0.3) is 0 Å². The number of likely N-dealkylation sites (N-methyl/N-ethyl adjacent to an activating group) is 1. The maximum Gasteiger partial charge on any atom is 0.416 e. The molecule has 0 aromatic heterocycles. The van der Waals surface area contributed by atoms with Crippen molar-refractivity contribution in [3.8, 4) is 0 Å². The minimum Gasteiger partial charge on any atom is -0.353 e. The topological polar surface area (TPSA) is 30.9 Å². The summed E-state index contributed by atoms with van der Waals surface area (Å²) in [6, 6.07) is 14.1. The average molecular weight is 501 g/mol. The van der Waals surface area contributed by atoms with Crippen LogP contribution >= 0.6 is 0 Å². The molecule has 2 aliphatic rings. The number of amidine groups is 1. The molecule has 3 aromatic rings. The quantitative estimate of drug-likeness (QED) is 0.424. The monoisotopic (exact) mass is 500 g/mol. The van der Waals surface area contributed by atoms with E-state index >= 15 is 0 Å². The summed E-state index contributed by atoms with van der Waals surface area (Å²) in [7, 11) is 2.02. The van der Waals surface area contributed by atoms with Crippen LogP contribution < -0.4 is 5.32 Å². The van der Waals surface area contributed by atoms with Crippen molar-refractivity contribution in [2.45, 2.75) is 25.1 Å². The zero-order valence-electron chi connectivity index (χ0n) is 19.6. The van der Waals surface area contributed by atoms with Gasteiger partial charge in [-0.3, -0.25) is 4.90 Å². The van der Waals surface area contributed by atoms with E-state index in [-0.39, 0.29) is 11.9 Å². The van der Waals surface area contributed by atoms with E-state index in [0.29, 0.717) is 48.1 Å². The van der Waals surface area contributed by atoms with E-state index in [1.807, 2.05) is 11.9 Å². The van der Waals surface area contributed by atoms with Gasteiger partial charge in [-0.05, 0) is 67.9 Å². The van der Waals surface area contributed by atoms with Gasteiger partial charge >= 0.3 is 6.18 Å². The van der Waals surface area contributed by atoms with Crippen LogP contribution in [0.25, 0.3) is 0 Å². The molecule has 1 saturated heterocycles. The highest BCUT2D eigenvalue weighted by Crippen LogP contribution is 2.38. The first kappa shape index (κ1) is 24.2. The Morgan fingerprint density at radius 3 is 2.39 bits per heavy atom. The summed E-state index contributed by atoms with van der Waals surface area (Å²) in [6.45, 7) is 1.78. The fourth-order valence-electron chi connectivity index (χ4n) is 4.71. The number of halogens is 5. The van der Waals surface area contributed by atoms with Crippen LogP contribution in [0, 0.1) is 11.6 Å². The van der Waals surface area contributed by atoms with Crippen LogP contribution in [0.3, 0.4) is 0 Å². The highest BCUT2D eigenvalue weighted by atomic mass is 19.4. The molecule has 2 heterocycles. The lowest BCUT2D eigenvalue weighted by Crippen LogP contribution is -2.53. The Labute approximate surface area is 206 Å². The number of anilines is 2. The number of piperazine rings is 1. The van der Waals surface area contributed by atoms with Crippen molar-refractivity contribution in [3.63, 3.8) is 0 Å². The Balaban J connectivity index is 1.49. The molecule has 1 unspecified atom stereocenters. The molecule has 0 aliphatic carbocycles. The highest BCUT2D eigenvalue weighted by molar-refractivity contribution is 6.08. The molecule has 5 rings (SSSR count). The SMILES string of the molecule is CN1CCN(C2=Nc3cc(F)ccc3Nc3ccc(C(F)(F)F)cc32)CC1CCc1ccc(F)cc1. The standard InChI is InChI=1S/C27H25F5N4/c1-35-12-13-36(16-21(35)9-4-17-2-6-19(28)7-3-17)26-22-14-18(27(30,31)32)5-10-23(22)33-24-11-8-20(29)15-25(24)34-26/h2-3,5-8,10-11,14-15,21,33H,4,9,12-13,16H2,1H3. The van der Waals surface area contributed by atoms with Crippen molar-refractivity contribution in [2.75, 3.05) is 32.0 Å². The van der Waals surface area contributed by atoms with Gasteiger partial charge in [-0.2, -0.15) is 13.2 Å². The molecule has 36 heavy (non-hydrogen) atoms. The summed E-state index contributed by atoms with van der Waals surface area (Å²) in [6.07, 6.45) is -2.99. The van der Waals surface area contributed by atoms with E-state index in [9.17, 15) is 22.0 Å². The fourth-order valence-corrected chi connectivity index (χ4v) is 4.71. The number of hydrogen-bond donors (Lipinski definition) is 1. The molecule has 0 bridgehead atoms. The second kappa shape index (κ2) is 9.54. The van der Waals surface area contributed by atoms with Crippen molar-refractivity contribution < 1.29 is 22.0 Å². The zero-order valence-corrected chi connectivity index (χ0v) is 19.6. The minimum atomic E-state index is -4.51. The van der Waals surface area contributed by atoms with Crippen molar-refractivity contribution in [1.82, 2.24) is 9.80 Å². The molecule has 0 radical (unpaired) electrons. The van der Waals surface area contributed by atoms with Gasteiger partial charge in [0.1, 0.15) is 17.5 Å². The van der Waals surface area contributed by atoms with Crippen LogP contribution in [0.4, 0.5) is 39.0 Å². The average Bonchev–Trinajstić information content (AvgIpc) is 3.00. The molecule has 0 spiro atoms. The van der Waals surface area contributed by atoms with Crippen molar-refractivity contribution in [3.05, 3.63) is 89.0 Å². The van der Waals surface area contributed by atoms with E-state index in [2.05, 4.69) is 15.2 Å². The first-order valence-corrected chi connectivity index (χ1v) is 11.7. The van der Waals surface area contributed by atoms with Gasteiger partial charge in [0.05, 0.1) is 16.9 Å². The second-order valence-corrected chi connectivity index (χ2v) is 9.23. The first-order valence-electron chi connectivity index (χ1n) is 11.7. The van der Waals surface area contributed by atoms with E-state index in [1.54, 1.807) is 12.1 Å². The number of aryl methyl sites for hydroxylation is 1.